The minimum Gasteiger partial charge on any atom is -0.322 e. The molecule has 0 spiro atoms. The maximum atomic E-state index is 12.2. The number of nitrogens with one attached hydrogen (secondary N) is 1. The van der Waals surface area contributed by atoms with Crippen LogP contribution in [0.25, 0.3) is 17.0 Å². The smallest absolute Gasteiger partial charge is 0.248 e. The van der Waals surface area contributed by atoms with Gasteiger partial charge in [-0.25, -0.2) is 0 Å². The highest BCUT2D eigenvalue weighted by Gasteiger charge is 2.12. The number of carbonyl (C=O) groups is 1. The molecule has 0 bridgehead atoms. The Labute approximate surface area is 169 Å². The summed E-state index contributed by atoms with van der Waals surface area (Å²) in [5, 5.41) is 4.56. The molecule has 1 saturated heterocycles. The van der Waals surface area contributed by atoms with Crippen LogP contribution in [-0.4, -0.2) is 28.9 Å². The van der Waals surface area contributed by atoms with Crippen LogP contribution in [0.15, 0.2) is 60.7 Å². The van der Waals surface area contributed by atoms with Crippen molar-refractivity contribution in [1.29, 1.82) is 0 Å². The number of pyridine rings is 1. The second-order valence-electron chi connectivity index (χ2n) is 7.07. The number of nitrogens with zero attached hydrogens (tertiary/aromatic N) is 2. The lowest BCUT2D eigenvalue weighted by molar-refractivity contribution is -0.111. The number of fused-ring (bicyclic) bond motifs is 1. The Morgan fingerprint density at radius 2 is 1.96 bits per heavy atom. The number of hydrogen-bond acceptors (Lipinski definition) is 3. The molecule has 0 radical (unpaired) electrons. The SMILES string of the molecule is O=C(/C=C/c1cccc(Cl)c1)Nc1ccc2nc(CN3CCCC3)ccc2c1. The normalized spacial score (nSPS) is 14.8. The predicted octanol–water partition coefficient (Wildman–Crippen LogP) is 5.14. The highest BCUT2D eigenvalue weighted by atomic mass is 35.5. The van der Waals surface area contributed by atoms with Crippen molar-refractivity contribution in [2.24, 2.45) is 0 Å². The molecule has 0 aliphatic carbocycles. The van der Waals surface area contributed by atoms with E-state index in [-0.39, 0.29) is 5.91 Å². The molecule has 1 aliphatic heterocycles. The third-order valence-electron chi connectivity index (χ3n) is 4.87. The number of rotatable bonds is 5. The van der Waals surface area contributed by atoms with Crippen molar-refractivity contribution in [1.82, 2.24) is 9.88 Å². The highest BCUT2D eigenvalue weighted by molar-refractivity contribution is 6.30. The molecule has 1 amide bonds. The van der Waals surface area contributed by atoms with Gasteiger partial charge in [-0.3, -0.25) is 14.7 Å². The summed E-state index contributed by atoms with van der Waals surface area (Å²) in [6.45, 7) is 3.23. The highest BCUT2D eigenvalue weighted by Crippen LogP contribution is 2.20. The summed E-state index contributed by atoms with van der Waals surface area (Å²) in [5.41, 5.74) is 3.68. The van der Waals surface area contributed by atoms with Crippen LogP contribution in [-0.2, 0) is 11.3 Å². The van der Waals surface area contributed by atoms with Gasteiger partial charge in [0.15, 0.2) is 0 Å². The van der Waals surface area contributed by atoms with Gasteiger partial charge in [0, 0.05) is 28.7 Å². The van der Waals surface area contributed by atoms with Crippen molar-refractivity contribution in [3.05, 3.63) is 77.0 Å². The van der Waals surface area contributed by atoms with Gasteiger partial charge < -0.3 is 5.32 Å². The summed E-state index contributed by atoms with van der Waals surface area (Å²) >= 11 is 5.96. The third-order valence-corrected chi connectivity index (χ3v) is 5.11. The number of halogens is 1. The molecule has 2 aromatic carbocycles. The van der Waals surface area contributed by atoms with E-state index >= 15 is 0 Å². The Morgan fingerprint density at radius 3 is 2.79 bits per heavy atom. The van der Waals surface area contributed by atoms with Gasteiger partial charge in [-0.05, 0) is 74.0 Å². The van der Waals surface area contributed by atoms with E-state index in [0.717, 1.165) is 47.5 Å². The molecule has 1 N–H and O–H groups in total. The van der Waals surface area contributed by atoms with Gasteiger partial charge >= 0.3 is 0 Å². The molecule has 1 fully saturated rings. The van der Waals surface area contributed by atoms with Crippen LogP contribution >= 0.6 is 11.6 Å². The van der Waals surface area contributed by atoms with E-state index in [1.54, 1.807) is 12.1 Å². The van der Waals surface area contributed by atoms with Crippen LogP contribution in [0.1, 0.15) is 24.1 Å². The van der Waals surface area contributed by atoms with E-state index in [1.165, 1.54) is 18.9 Å². The molecular weight excluding hydrogens is 370 g/mol. The van der Waals surface area contributed by atoms with Crippen LogP contribution in [0, 0.1) is 0 Å². The monoisotopic (exact) mass is 391 g/mol. The van der Waals surface area contributed by atoms with Crippen molar-refractivity contribution in [2.75, 3.05) is 18.4 Å². The molecule has 0 saturated carbocycles. The Kier molecular flexibility index (Phi) is 5.70. The van der Waals surface area contributed by atoms with Gasteiger partial charge in [0.2, 0.25) is 5.91 Å². The quantitative estimate of drug-likeness (QED) is 0.613. The number of aromatic nitrogens is 1. The summed E-state index contributed by atoms with van der Waals surface area (Å²) in [6, 6.07) is 17.3. The number of carbonyl (C=O) groups excluding carboxylic acids is 1. The first-order chi connectivity index (χ1) is 13.7. The molecule has 1 aromatic heterocycles. The lowest BCUT2D eigenvalue weighted by atomic mass is 10.1. The van der Waals surface area contributed by atoms with Crippen molar-refractivity contribution in [2.45, 2.75) is 19.4 Å². The van der Waals surface area contributed by atoms with E-state index in [9.17, 15) is 4.79 Å². The van der Waals surface area contributed by atoms with E-state index < -0.39 is 0 Å². The molecule has 4 nitrogen and oxygen atoms in total. The Bertz CT molecular complexity index is 1030. The number of anilines is 1. The first kappa shape index (κ1) is 18.7. The molecule has 2 heterocycles. The molecule has 1 aliphatic rings. The maximum Gasteiger partial charge on any atom is 0.248 e. The Balaban J connectivity index is 1.43. The lowest BCUT2D eigenvalue weighted by Gasteiger charge is -2.14. The Hall–Kier alpha value is -2.69. The van der Waals surface area contributed by atoms with E-state index in [4.69, 9.17) is 16.6 Å². The van der Waals surface area contributed by atoms with Gasteiger partial charge in [-0.15, -0.1) is 0 Å². The van der Waals surface area contributed by atoms with Crippen molar-refractivity contribution in [3.8, 4) is 0 Å². The van der Waals surface area contributed by atoms with Crippen molar-refractivity contribution in [3.63, 3.8) is 0 Å². The zero-order valence-electron chi connectivity index (χ0n) is 15.6. The maximum absolute atomic E-state index is 12.2. The topological polar surface area (TPSA) is 45.2 Å². The van der Waals surface area contributed by atoms with Crippen LogP contribution in [0.4, 0.5) is 5.69 Å². The molecule has 142 valence electrons. The van der Waals surface area contributed by atoms with Crippen LogP contribution in [0.2, 0.25) is 5.02 Å². The van der Waals surface area contributed by atoms with Crippen LogP contribution in [0.5, 0.6) is 0 Å². The van der Waals surface area contributed by atoms with Crippen LogP contribution < -0.4 is 5.32 Å². The molecule has 4 rings (SSSR count). The molecule has 0 unspecified atom stereocenters. The summed E-state index contributed by atoms with van der Waals surface area (Å²) in [6.07, 6.45) is 5.81. The standard InChI is InChI=1S/C23H22ClN3O/c24-19-5-3-4-17(14-19)6-11-23(28)26-20-9-10-22-18(15-20)7-8-21(25-22)16-27-12-1-2-13-27/h3-11,14-15H,1-2,12-13,16H2,(H,26,28)/b11-6+. The fraction of sp³-hybridized carbons (Fsp3) is 0.217. The molecule has 3 aromatic rings. The molecule has 28 heavy (non-hydrogen) atoms. The minimum absolute atomic E-state index is 0.182. The molecule has 5 heteroatoms. The zero-order chi connectivity index (χ0) is 19.3. The first-order valence-electron chi connectivity index (χ1n) is 9.52. The third kappa shape index (κ3) is 4.77. The van der Waals surface area contributed by atoms with Crippen molar-refractivity contribution >= 4 is 40.2 Å². The molecule has 0 atom stereocenters. The van der Waals surface area contributed by atoms with Gasteiger partial charge in [0.25, 0.3) is 0 Å². The lowest BCUT2D eigenvalue weighted by Crippen LogP contribution is -2.19. The van der Waals surface area contributed by atoms with Gasteiger partial charge in [0.1, 0.15) is 0 Å². The average molecular weight is 392 g/mol. The number of benzene rings is 2. The number of likely N-dealkylation sites (tertiary alicyclic amines) is 1. The predicted molar refractivity (Wildman–Crippen MR) is 115 cm³/mol. The fourth-order valence-corrected chi connectivity index (χ4v) is 3.67. The first-order valence-corrected chi connectivity index (χ1v) is 9.90. The number of amides is 1. The summed E-state index contributed by atoms with van der Waals surface area (Å²) < 4.78 is 0. The largest absolute Gasteiger partial charge is 0.322 e. The van der Waals surface area contributed by atoms with E-state index in [0.29, 0.717) is 5.02 Å². The Morgan fingerprint density at radius 1 is 1.11 bits per heavy atom. The average Bonchev–Trinajstić information content (AvgIpc) is 3.20. The van der Waals surface area contributed by atoms with Gasteiger partial charge in [-0.1, -0.05) is 29.8 Å². The molecular formula is C23H22ClN3O. The minimum atomic E-state index is -0.182. The van der Waals surface area contributed by atoms with Crippen molar-refractivity contribution < 1.29 is 4.79 Å². The second-order valence-corrected chi connectivity index (χ2v) is 7.51. The second kappa shape index (κ2) is 8.55. The summed E-state index contributed by atoms with van der Waals surface area (Å²) in [5.74, 6) is -0.182. The van der Waals surface area contributed by atoms with Gasteiger partial charge in [0.05, 0.1) is 11.2 Å². The fourth-order valence-electron chi connectivity index (χ4n) is 3.47. The van der Waals surface area contributed by atoms with Crippen LogP contribution in [0.3, 0.4) is 0 Å². The summed E-state index contributed by atoms with van der Waals surface area (Å²) in [4.78, 5) is 19.4. The van der Waals surface area contributed by atoms with E-state index in [1.807, 2.05) is 36.4 Å². The van der Waals surface area contributed by atoms with Gasteiger partial charge in [-0.2, -0.15) is 0 Å². The zero-order valence-corrected chi connectivity index (χ0v) is 16.3. The van der Waals surface area contributed by atoms with E-state index in [2.05, 4.69) is 22.3 Å². The summed E-state index contributed by atoms with van der Waals surface area (Å²) in [7, 11) is 0. The number of hydrogen-bond donors (Lipinski definition) is 1.